The van der Waals surface area contributed by atoms with Crippen LogP contribution in [0, 0.1) is 0 Å². The molecule has 0 bridgehead atoms. The molecule has 0 aliphatic carbocycles. The van der Waals surface area contributed by atoms with E-state index in [1.54, 1.807) is 0 Å². The van der Waals surface area contributed by atoms with Crippen molar-refractivity contribution in [2.45, 2.75) is 0 Å². The Bertz CT molecular complexity index is 2830. The Morgan fingerprint density at radius 1 is 0.353 bits per heavy atom. The Labute approximate surface area is 295 Å². The lowest BCUT2D eigenvalue weighted by atomic mass is 10.0. The number of aromatic nitrogens is 3. The minimum Gasteiger partial charge on any atom is -0.310 e. The van der Waals surface area contributed by atoms with Crippen LogP contribution in [0.1, 0.15) is 0 Å². The van der Waals surface area contributed by atoms with Crippen LogP contribution >= 0.6 is 0 Å². The van der Waals surface area contributed by atoms with Crippen LogP contribution in [0.3, 0.4) is 0 Å². The SMILES string of the molecule is c1ccc(N(c2ccc(-c3ccc4c(c3)c3ccccc3n4-c3ccccn3)cc2)c2ccc3c(c2)c2ccccc2n3-c2ccccc2)cc1. The summed E-state index contributed by atoms with van der Waals surface area (Å²) in [6.07, 6.45) is 1.85. The van der Waals surface area contributed by atoms with E-state index in [0.29, 0.717) is 0 Å². The second-order valence-corrected chi connectivity index (χ2v) is 12.9. The minimum atomic E-state index is 0.921. The molecular weight excluding hydrogens is 621 g/mol. The van der Waals surface area contributed by atoms with E-state index in [2.05, 4.69) is 195 Å². The van der Waals surface area contributed by atoms with Crippen LogP contribution in [0.15, 0.2) is 194 Å². The van der Waals surface area contributed by atoms with E-state index in [-0.39, 0.29) is 0 Å². The monoisotopic (exact) mass is 652 g/mol. The number of fused-ring (bicyclic) bond motifs is 6. The second kappa shape index (κ2) is 11.9. The summed E-state index contributed by atoms with van der Waals surface area (Å²) in [5, 5.41) is 4.90. The van der Waals surface area contributed by atoms with E-state index in [1.165, 1.54) is 43.7 Å². The zero-order valence-electron chi connectivity index (χ0n) is 27.8. The van der Waals surface area contributed by atoms with Crippen molar-refractivity contribution in [1.82, 2.24) is 14.1 Å². The van der Waals surface area contributed by atoms with Gasteiger partial charge in [-0.1, -0.05) is 97.1 Å². The molecule has 0 amide bonds. The molecule has 0 saturated carbocycles. The maximum atomic E-state index is 4.68. The molecule has 0 aliphatic heterocycles. The van der Waals surface area contributed by atoms with Gasteiger partial charge in [0.05, 0.1) is 22.1 Å². The fraction of sp³-hybridized carbons (Fsp3) is 0. The van der Waals surface area contributed by atoms with Gasteiger partial charge in [-0.15, -0.1) is 0 Å². The summed E-state index contributed by atoms with van der Waals surface area (Å²) < 4.78 is 4.62. The van der Waals surface area contributed by atoms with Crippen molar-refractivity contribution in [2.75, 3.05) is 4.90 Å². The molecule has 10 aromatic rings. The predicted octanol–water partition coefficient (Wildman–Crippen LogP) is 12.4. The first-order valence-electron chi connectivity index (χ1n) is 17.3. The number of hydrogen-bond donors (Lipinski definition) is 0. The number of hydrogen-bond acceptors (Lipinski definition) is 2. The largest absolute Gasteiger partial charge is 0.310 e. The Morgan fingerprint density at radius 3 is 1.61 bits per heavy atom. The van der Waals surface area contributed by atoms with Gasteiger partial charge in [0.25, 0.3) is 0 Å². The van der Waals surface area contributed by atoms with Gasteiger partial charge < -0.3 is 9.47 Å². The van der Waals surface area contributed by atoms with E-state index in [0.717, 1.165) is 39.6 Å². The molecule has 10 rings (SSSR count). The highest BCUT2D eigenvalue weighted by molar-refractivity contribution is 6.11. The number of para-hydroxylation sites is 4. The first kappa shape index (κ1) is 29.0. The number of rotatable bonds is 6. The smallest absolute Gasteiger partial charge is 0.137 e. The number of pyridine rings is 1. The molecule has 0 saturated heterocycles. The first-order chi connectivity index (χ1) is 25.3. The topological polar surface area (TPSA) is 26.0 Å². The molecule has 3 heterocycles. The number of nitrogens with zero attached hydrogens (tertiary/aromatic N) is 4. The average molecular weight is 653 g/mol. The van der Waals surface area contributed by atoms with E-state index >= 15 is 0 Å². The minimum absolute atomic E-state index is 0.921. The van der Waals surface area contributed by atoms with Crippen LogP contribution in [0.4, 0.5) is 17.1 Å². The van der Waals surface area contributed by atoms with Crippen molar-refractivity contribution < 1.29 is 0 Å². The van der Waals surface area contributed by atoms with Crippen LogP contribution in [-0.4, -0.2) is 14.1 Å². The molecule has 240 valence electrons. The summed E-state index contributed by atoms with van der Waals surface area (Å²) in [7, 11) is 0. The summed E-state index contributed by atoms with van der Waals surface area (Å²) in [6, 6.07) is 67.2. The van der Waals surface area contributed by atoms with Crippen LogP contribution in [0.2, 0.25) is 0 Å². The lowest BCUT2D eigenvalue weighted by Crippen LogP contribution is -2.09. The van der Waals surface area contributed by atoms with Gasteiger partial charge in [0.2, 0.25) is 0 Å². The maximum Gasteiger partial charge on any atom is 0.137 e. The summed E-state index contributed by atoms with van der Waals surface area (Å²) >= 11 is 0. The molecule has 0 N–H and O–H groups in total. The van der Waals surface area contributed by atoms with Gasteiger partial charge >= 0.3 is 0 Å². The van der Waals surface area contributed by atoms with Gasteiger partial charge in [-0.25, -0.2) is 4.98 Å². The molecular formula is C47H32N4. The Balaban J connectivity index is 1.08. The van der Waals surface area contributed by atoms with Crippen molar-refractivity contribution in [3.05, 3.63) is 194 Å². The van der Waals surface area contributed by atoms with Crippen LogP contribution in [0.25, 0.3) is 66.2 Å². The molecule has 0 spiro atoms. The summed E-state index contributed by atoms with van der Waals surface area (Å²) in [5.74, 6) is 0.921. The van der Waals surface area contributed by atoms with Crippen molar-refractivity contribution in [3.63, 3.8) is 0 Å². The van der Waals surface area contributed by atoms with Gasteiger partial charge in [0, 0.05) is 50.5 Å². The first-order valence-corrected chi connectivity index (χ1v) is 17.3. The molecule has 0 unspecified atom stereocenters. The fourth-order valence-corrected chi connectivity index (χ4v) is 7.67. The molecule has 0 aliphatic rings. The highest BCUT2D eigenvalue weighted by Crippen LogP contribution is 2.41. The van der Waals surface area contributed by atoms with Crippen molar-refractivity contribution >= 4 is 60.7 Å². The molecule has 51 heavy (non-hydrogen) atoms. The van der Waals surface area contributed by atoms with E-state index in [9.17, 15) is 0 Å². The summed E-state index contributed by atoms with van der Waals surface area (Å²) in [6.45, 7) is 0. The van der Waals surface area contributed by atoms with Crippen LogP contribution < -0.4 is 4.90 Å². The third kappa shape index (κ3) is 4.80. The normalized spacial score (nSPS) is 11.5. The molecule has 4 heteroatoms. The lowest BCUT2D eigenvalue weighted by molar-refractivity contribution is 1.08. The zero-order chi connectivity index (χ0) is 33.7. The molecule has 0 radical (unpaired) electrons. The maximum absolute atomic E-state index is 4.68. The standard InChI is InChI=1S/C47H32N4/c1-3-13-35(14-4-1)49(38-27-29-45-42(32-38)40-18-7-9-19-43(40)50(45)36-15-5-2-6-16-36)37-25-22-33(23-26-37)34-24-28-46-41(31-34)39-17-8-10-20-44(39)51(46)47-21-11-12-30-48-47/h1-32H. The summed E-state index contributed by atoms with van der Waals surface area (Å²) in [4.78, 5) is 7.03. The van der Waals surface area contributed by atoms with E-state index in [4.69, 9.17) is 0 Å². The predicted molar refractivity (Wildman–Crippen MR) is 213 cm³/mol. The van der Waals surface area contributed by atoms with Gasteiger partial charge in [-0.3, -0.25) is 4.57 Å². The van der Waals surface area contributed by atoms with E-state index in [1.807, 2.05) is 18.3 Å². The Morgan fingerprint density at radius 2 is 0.882 bits per heavy atom. The fourth-order valence-electron chi connectivity index (χ4n) is 7.67. The highest BCUT2D eigenvalue weighted by atomic mass is 15.1. The van der Waals surface area contributed by atoms with Gasteiger partial charge in [0.15, 0.2) is 0 Å². The number of benzene rings is 7. The van der Waals surface area contributed by atoms with Gasteiger partial charge in [0.1, 0.15) is 5.82 Å². The third-order valence-corrected chi connectivity index (χ3v) is 9.95. The van der Waals surface area contributed by atoms with Crippen molar-refractivity contribution in [1.29, 1.82) is 0 Å². The van der Waals surface area contributed by atoms with E-state index < -0.39 is 0 Å². The quantitative estimate of drug-likeness (QED) is 0.179. The second-order valence-electron chi connectivity index (χ2n) is 12.9. The molecule has 0 atom stereocenters. The van der Waals surface area contributed by atoms with Crippen LogP contribution in [0.5, 0.6) is 0 Å². The molecule has 7 aromatic carbocycles. The molecule has 4 nitrogen and oxygen atoms in total. The molecule has 3 aromatic heterocycles. The number of anilines is 3. The van der Waals surface area contributed by atoms with Gasteiger partial charge in [-0.05, 0) is 102 Å². The Kier molecular flexibility index (Phi) is 6.78. The van der Waals surface area contributed by atoms with Crippen LogP contribution in [-0.2, 0) is 0 Å². The summed E-state index contributed by atoms with van der Waals surface area (Å²) in [5.41, 5.74) is 11.5. The Hall–Kier alpha value is -6.91. The lowest BCUT2D eigenvalue weighted by Gasteiger charge is -2.26. The zero-order valence-corrected chi connectivity index (χ0v) is 27.8. The van der Waals surface area contributed by atoms with Crippen molar-refractivity contribution in [3.8, 4) is 22.6 Å². The molecule has 0 fully saturated rings. The van der Waals surface area contributed by atoms with Crippen molar-refractivity contribution in [2.24, 2.45) is 0 Å². The average Bonchev–Trinajstić information content (AvgIpc) is 3.72. The third-order valence-electron chi connectivity index (χ3n) is 9.95. The highest BCUT2D eigenvalue weighted by Gasteiger charge is 2.18. The van der Waals surface area contributed by atoms with Gasteiger partial charge in [-0.2, -0.15) is 0 Å².